The minimum atomic E-state index is -0.0302. The molecule has 3 aromatic rings. The largest absolute Gasteiger partial charge is 0.395 e. The van der Waals surface area contributed by atoms with E-state index in [1.165, 1.54) is 5.56 Å². The number of fused-ring (bicyclic) bond motifs is 1. The molecule has 1 aromatic heterocycles. The average Bonchev–Trinajstić information content (AvgIpc) is 3.29. The molecule has 1 saturated carbocycles. The second kappa shape index (κ2) is 5.22. The number of hydrogen-bond acceptors (Lipinski definition) is 2. The number of carbonyl (C=O) groups excluding carboxylic acids is 1. The second-order valence-corrected chi connectivity index (χ2v) is 6.66. The number of aromatic amines is 1. The summed E-state index contributed by atoms with van der Waals surface area (Å²) in [7, 11) is 0. The maximum atomic E-state index is 11.1. The van der Waals surface area contributed by atoms with E-state index in [2.05, 4.69) is 17.1 Å². The summed E-state index contributed by atoms with van der Waals surface area (Å²) in [6.45, 7) is 0.200. The summed E-state index contributed by atoms with van der Waals surface area (Å²) >= 11 is 6.41. The van der Waals surface area contributed by atoms with Crippen LogP contribution in [-0.4, -0.2) is 23.0 Å². The highest BCUT2D eigenvalue weighted by molar-refractivity contribution is 6.34. The van der Waals surface area contributed by atoms with E-state index in [1.54, 1.807) is 6.20 Å². The molecular formula is C19H16ClNO2. The Hall–Kier alpha value is -2.10. The number of rotatable bonds is 4. The van der Waals surface area contributed by atoms with E-state index in [0.29, 0.717) is 10.6 Å². The Morgan fingerprint density at radius 2 is 1.96 bits per heavy atom. The van der Waals surface area contributed by atoms with Crippen molar-refractivity contribution in [2.45, 2.75) is 18.3 Å². The first-order valence-corrected chi connectivity index (χ1v) is 8.02. The van der Waals surface area contributed by atoms with Crippen LogP contribution in [-0.2, 0) is 5.41 Å². The van der Waals surface area contributed by atoms with E-state index in [1.807, 2.05) is 24.3 Å². The van der Waals surface area contributed by atoms with Gasteiger partial charge in [-0.3, -0.25) is 4.79 Å². The normalized spacial score (nSPS) is 15.7. The number of carbonyl (C=O) groups is 1. The fourth-order valence-electron chi connectivity index (χ4n) is 3.18. The van der Waals surface area contributed by atoms with Crippen molar-refractivity contribution in [2.24, 2.45) is 0 Å². The molecule has 0 saturated heterocycles. The van der Waals surface area contributed by atoms with Crippen molar-refractivity contribution < 1.29 is 9.90 Å². The highest BCUT2D eigenvalue weighted by Crippen LogP contribution is 2.48. The summed E-state index contributed by atoms with van der Waals surface area (Å²) in [4.78, 5) is 14.2. The summed E-state index contributed by atoms with van der Waals surface area (Å²) in [6.07, 6.45) is 4.62. The van der Waals surface area contributed by atoms with Gasteiger partial charge in [0.25, 0.3) is 0 Å². The maximum absolute atomic E-state index is 11.1. The first-order chi connectivity index (χ1) is 11.2. The van der Waals surface area contributed by atoms with Crippen LogP contribution in [0.15, 0.2) is 42.6 Å². The summed E-state index contributed by atoms with van der Waals surface area (Å²) in [5.74, 6) is 0. The summed E-state index contributed by atoms with van der Waals surface area (Å²) in [5.41, 5.74) is 4.55. The number of halogens is 1. The molecule has 0 amide bonds. The Morgan fingerprint density at radius 3 is 2.57 bits per heavy atom. The number of aldehydes is 1. The third-order valence-electron chi connectivity index (χ3n) is 4.89. The minimum Gasteiger partial charge on any atom is -0.395 e. The Bertz CT molecular complexity index is 892. The number of aliphatic hydroxyl groups excluding tert-OH is 1. The molecule has 1 aliphatic rings. The molecule has 2 aromatic carbocycles. The van der Waals surface area contributed by atoms with Crippen LogP contribution >= 0.6 is 11.6 Å². The first-order valence-electron chi connectivity index (χ1n) is 7.64. The van der Waals surface area contributed by atoms with Crippen molar-refractivity contribution >= 4 is 28.8 Å². The van der Waals surface area contributed by atoms with Crippen molar-refractivity contribution in [2.75, 3.05) is 6.61 Å². The molecule has 0 aliphatic heterocycles. The fourth-order valence-corrected chi connectivity index (χ4v) is 3.45. The standard InChI is InChI=1S/C19H16ClNO2/c20-17-8-18-16(13(10-22)9-21-18)7-15(17)12-1-3-14(4-2-12)19(11-23)5-6-19/h1-4,7-10,21,23H,5-6,11H2. The number of hydrogen-bond donors (Lipinski definition) is 2. The predicted octanol–water partition coefficient (Wildman–Crippen LogP) is 4.32. The van der Waals surface area contributed by atoms with Gasteiger partial charge in [-0.25, -0.2) is 0 Å². The van der Waals surface area contributed by atoms with Crippen LogP contribution in [0.2, 0.25) is 5.02 Å². The fraction of sp³-hybridized carbons (Fsp3) is 0.211. The Balaban J connectivity index is 1.79. The third-order valence-corrected chi connectivity index (χ3v) is 5.21. The lowest BCUT2D eigenvalue weighted by Crippen LogP contribution is -2.11. The van der Waals surface area contributed by atoms with Crippen LogP contribution in [0.4, 0.5) is 0 Å². The SMILES string of the molecule is O=Cc1c[nH]c2cc(Cl)c(-c3ccc(C4(CO)CC4)cc3)cc12. The average molecular weight is 326 g/mol. The zero-order chi connectivity index (χ0) is 16.0. The lowest BCUT2D eigenvalue weighted by Gasteiger charge is -2.13. The van der Waals surface area contributed by atoms with E-state index >= 15 is 0 Å². The van der Waals surface area contributed by atoms with Crippen molar-refractivity contribution in [1.29, 1.82) is 0 Å². The van der Waals surface area contributed by atoms with Gasteiger partial charge in [0.05, 0.1) is 11.6 Å². The van der Waals surface area contributed by atoms with E-state index < -0.39 is 0 Å². The number of aliphatic hydroxyl groups is 1. The van der Waals surface area contributed by atoms with Gasteiger partial charge in [-0.1, -0.05) is 35.9 Å². The number of H-pyrrole nitrogens is 1. The molecule has 1 fully saturated rings. The van der Waals surface area contributed by atoms with Crippen molar-refractivity contribution in [3.8, 4) is 11.1 Å². The molecule has 116 valence electrons. The number of aromatic nitrogens is 1. The Labute approximate surface area is 138 Å². The topological polar surface area (TPSA) is 53.1 Å². The predicted molar refractivity (Wildman–Crippen MR) is 92.1 cm³/mol. The van der Waals surface area contributed by atoms with E-state index in [-0.39, 0.29) is 12.0 Å². The number of benzene rings is 2. The molecule has 3 nitrogen and oxygen atoms in total. The van der Waals surface area contributed by atoms with Crippen LogP contribution in [0, 0.1) is 0 Å². The molecule has 2 N–H and O–H groups in total. The molecule has 0 bridgehead atoms. The molecule has 0 radical (unpaired) electrons. The van der Waals surface area contributed by atoms with Crippen molar-refractivity contribution in [3.63, 3.8) is 0 Å². The van der Waals surface area contributed by atoms with Gasteiger partial charge in [0.2, 0.25) is 0 Å². The smallest absolute Gasteiger partial charge is 0.152 e. The molecular weight excluding hydrogens is 310 g/mol. The summed E-state index contributed by atoms with van der Waals surface area (Å²) in [5, 5.41) is 11.1. The Morgan fingerprint density at radius 1 is 1.22 bits per heavy atom. The van der Waals surface area contributed by atoms with Gasteiger partial charge in [-0.05, 0) is 36.1 Å². The van der Waals surface area contributed by atoms with Crippen LogP contribution in [0.5, 0.6) is 0 Å². The Kier molecular flexibility index (Phi) is 3.29. The molecule has 1 aliphatic carbocycles. The van der Waals surface area contributed by atoms with Crippen LogP contribution in [0.25, 0.3) is 22.0 Å². The van der Waals surface area contributed by atoms with Gasteiger partial charge >= 0.3 is 0 Å². The van der Waals surface area contributed by atoms with Gasteiger partial charge < -0.3 is 10.1 Å². The van der Waals surface area contributed by atoms with E-state index in [9.17, 15) is 9.90 Å². The molecule has 1 heterocycles. The third kappa shape index (κ3) is 2.28. The molecule has 4 rings (SSSR count). The van der Waals surface area contributed by atoms with E-state index in [0.717, 1.165) is 41.2 Å². The molecule has 0 unspecified atom stereocenters. The monoisotopic (exact) mass is 325 g/mol. The number of nitrogens with one attached hydrogen (secondary N) is 1. The van der Waals surface area contributed by atoms with E-state index in [4.69, 9.17) is 11.6 Å². The van der Waals surface area contributed by atoms with Gasteiger partial charge in [0.1, 0.15) is 0 Å². The van der Waals surface area contributed by atoms with Crippen molar-refractivity contribution in [3.05, 3.63) is 58.7 Å². The second-order valence-electron chi connectivity index (χ2n) is 6.26. The lowest BCUT2D eigenvalue weighted by atomic mass is 9.94. The van der Waals surface area contributed by atoms with Crippen LogP contribution < -0.4 is 0 Å². The van der Waals surface area contributed by atoms with Crippen LogP contribution in [0.1, 0.15) is 28.8 Å². The zero-order valence-electron chi connectivity index (χ0n) is 12.5. The maximum Gasteiger partial charge on any atom is 0.152 e. The van der Waals surface area contributed by atoms with Gasteiger partial charge in [-0.2, -0.15) is 0 Å². The quantitative estimate of drug-likeness (QED) is 0.702. The highest BCUT2D eigenvalue weighted by atomic mass is 35.5. The molecule has 0 spiro atoms. The summed E-state index contributed by atoms with van der Waals surface area (Å²) in [6, 6.07) is 12.0. The molecule has 4 heteroatoms. The van der Waals surface area contributed by atoms with Gasteiger partial charge in [-0.15, -0.1) is 0 Å². The van der Waals surface area contributed by atoms with Crippen LogP contribution in [0.3, 0.4) is 0 Å². The zero-order valence-corrected chi connectivity index (χ0v) is 13.2. The van der Waals surface area contributed by atoms with Crippen molar-refractivity contribution in [1.82, 2.24) is 4.98 Å². The molecule has 23 heavy (non-hydrogen) atoms. The minimum absolute atomic E-state index is 0.0302. The van der Waals surface area contributed by atoms with Gasteiger partial charge in [0, 0.05) is 33.6 Å². The lowest BCUT2D eigenvalue weighted by molar-refractivity contribution is 0.112. The highest BCUT2D eigenvalue weighted by Gasteiger charge is 2.43. The molecule has 0 atom stereocenters. The summed E-state index contributed by atoms with van der Waals surface area (Å²) < 4.78 is 0. The van der Waals surface area contributed by atoms with Gasteiger partial charge in [0.15, 0.2) is 6.29 Å². The first kappa shape index (κ1) is 14.5.